The summed E-state index contributed by atoms with van der Waals surface area (Å²) in [5.41, 5.74) is 3.52. The number of aromatic nitrogens is 2. The normalized spacial score (nSPS) is 10.7. The Bertz CT molecular complexity index is 800. The third kappa shape index (κ3) is 2.40. The third-order valence-corrected chi connectivity index (χ3v) is 3.41. The maximum atomic E-state index is 12.1. The molecule has 0 fully saturated rings. The minimum absolute atomic E-state index is 0.152. The van der Waals surface area contributed by atoms with Gasteiger partial charge in [-0.1, -0.05) is 35.9 Å². The molecular formula is C16H13ClN2O. The Labute approximate surface area is 121 Å². The van der Waals surface area contributed by atoms with Gasteiger partial charge in [0.05, 0.1) is 11.4 Å². The lowest BCUT2D eigenvalue weighted by atomic mass is 10.2. The Hall–Kier alpha value is -2.26. The van der Waals surface area contributed by atoms with E-state index in [0.717, 1.165) is 22.5 Å². The molecule has 3 rings (SSSR count). The molecule has 3 nitrogen and oxygen atoms in total. The molecule has 0 spiro atoms. The van der Waals surface area contributed by atoms with Crippen LogP contribution in [0.4, 0.5) is 0 Å². The van der Waals surface area contributed by atoms with Crippen molar-refractivity contribution in [2.75, 3.05) is 0 Å². The van der Waals surface area contributed by atoms with Crippen LogP contribution in [0.5, 0.6) is 0 Å². The first-order chi connectivity index (χ1) is 9.63. The molecular weight excluding hydrogens is 272 g/mol. The zero-order valence-corrected chi connectivity index (χ0v) is 11.7. The number of hydrogen-bond donors (Lipinski definition) is 1. The summed E-state index contributed by atoms with van der Waals surface area (Å²) >= 11 is 5.87. The number of halogens is 1. The largest absolute Gasteiger partial charge is 0.330 e. The summed E-state index contributed by atoms with van der Waals surface area (Å²) in [5, 5.41) is 0.675. The minimum atomic E-state index is -0.152. The van der Waals surface area contributed by atoms with E-state index < -0.39 is 0 Å². The SMILES string of the molecule is Cc1cccc(-n2cc(-c3ccc(Cl)cc3)[nH]c2=O)c1. The molecule has 0 atom stereocenters. The number of aromatic amines is 1. The summed E-state index contributed by atoms with van der Waals surface area (Å²) in [6.45, 7) is 2.00. The summed E-state index contributed by atoms with van der Waals surface area (Å²) in [4.78, 5) is 14.9. The van der Waals surface area contributed by atoms with Gasteiger partial charge < -0.3 is 4.98 Å². The van der Waals surface area contributed by atoms with Gasteiger partial charge in [-0.05, 0) is 42.3 Å². The van der Waals surface area contributed by atoms with Gasteiger partial charge in [-0.15, -0.1) is 0 Å². The monoisotopic (exact) mass is 284 g/mol. The van der Waals surface area contributed by atoms with Gasteiger partial charge >= 0.3 is 5.69 Å². The molecule has 0 saturated carbocycles. The number of nitrogens with zero attached hydrogens (tertiary/aromatic N) is 1. The molecule has 0 unspecified atom stereocenters. The average Bonchev–Trinajstić information content (AvgIpc) is 2.82. The van der Waals surface area contributed by atoms with Crippen LogP contribution in [0, 0.1) is 6.92 Å². The van der Waals surface area contributed by atoms with Crippen molar-refractivity contribution < 1.29 is 0 Å². The summed E-state index contributed by atoms with van der Waals surface area (Å²) < 4.78 is 1.61. The fourth-order valence-corrected chi connectivity index (χ4v) is 2.27. The second-order valence-corrected chi connectivity index (χ2v) is 5.13. The van der Waals surface area contributed by atoms with E-state index in [4.69, 9.17) is 11.6 Å². The van der Waals surface area contributed by atoms with E-state index in [0.29, 0.717) is 5.02 Å². The highest BCUT2D eigenvalue weighted by Crippen LogP contribution is 2.19. The molecule has 0 amide bonds. The van der Waals surface area contributed by atoms with E-state index in [9.17, 15) is 4.79 Å². The smallest absolute Gasteiger partial charge is 0.305 e. The molecule has 20 heavy (non-hydrogen) atoms. The number of imidazole rings is 1. The lowest BCUT2D eigenvalue weighted by Gasteiger charge is -2.01. The van der Waals surface area contributed by atoms with Gasteiger partial charge in [0.15, 0.2) is 0 Å². The standard InChI is InChI=1S/C16H13ClN2O/c1-11-3-2-4-14(9-11)19-10-15(18-16(19)20)12-5-7-13(17)8-6-12/h2-10H,1H3,(H,18,20). The van der Waals surface area contributed by atoms with E-state index in [2.05, 4.69) is 4.98 Å². The molecule has 100 valence electrons. The first kappa shape index (κ1) is 12.8. The maximum absolute atomic E-state index is 12.1. The number of nitrogens with one attached hydrogen (secondary N) is 1. The molecule has 2 aromatic carbocycles. The van der Waals surface area contributed by atoms with Crippen LogP contribution in [0.25, 0.3) is 16.9 Å². The number of H-pyrrole nitrogens is 1. The molecule has 3 aromatic rings. The van der Waals surface area contributed by atoms with Crippen LogP contribution in [0.2, 0.25) is 5.02 Å². The number of rotatable bonds is 2. The Morgan fingerprint density at radius 3 is 2.55 bits per heavy atom. The van der Waals surface area contributed by atoms with Gasteiger partial charge in [-0.3, -0.25) is 4.57 Å². The van der Waals surface area contributed by atoms with Crippen molar-refractivity contribution in [2.45, 2.75) is 6.92 Å². The van der Waals surface area contributed by atoms with Crippen molar-refractivity contribution in [3.05, 3.63) is 75.8 Å². The Morgan fingerprint density at radius 2 is 1.85 bits per heavy atom. The third-order valence-electron chi connectivity index (χ3n) is 3.15. The van der Waals surface area contributed by atoms with E-state index in [1.165, 1.54) is 0 Å². The zero-order chi connectivity index (χ0) is 14.1. The van der Waals surface area contributed by atoms with Crippen molar-refractivity contribution in [1.82, 2.24) is 9.55 Å². The summed E-state index contributed by atoms with van der Waals surface area (Å²) in [7, 11) is 0. The maximum Gasteiger partial charge on any atom is 0.330 e. The van der Waals surface area contributed by atoms with Gasteiger partial charge in [0.2, 0.25) is 0 Å². The molecule has 0 aliphatic carbocycles. The molecule has 1 heterocycles. The van der Waals surface area contributed by atoms with Crippen molar-refractivity contribution in [3.63, 3.8) is 0 Å². The highest BCUT2D eigenvalue weighted by Gasteiger charge is 2.07. The summed E-state index contributed by atoms with van der Waals surface area (Å²) in [6, 6.07) is 15.2. The van der Waals surface area contributed by atoms with Crippen molar-refractivity contribution >= 4 is 11.6 Å². The van der Waals surface area contributed by atoms with Crippen molar-refractivity contribution in [2.24, 2.45) is 0 Å². The fraction of sp³-hybridized carbons (Fsp3) is 0.0625. The molecule has 4 heteroatoms. The van der Waals surface area contributed by atoms with Crippen LogP contribution in [-0.4, -0.2) is 9.55 Å². The van der Waals surface area contributed by atoms with Crippen LogP contribution in [0.3, 0.4) is 0 Å². The molecule has 1 N–H and O–H groups in total. The predicted molar refractivity (Wildman–Crippen MR) is 81.6 cm³/mol. The second-order valence-electron chi connectivity index (χ2n) is 4.69. The van der Waals surface area contributed by atoms with E-state index in [1.807, 2.05) is 43.3 Å². The van der Waals surface area contributed by atoms with Crippen LogP contribution in [0.15, 0.2) is 59.5 Å². The predicted octanol–water partition coefficient (Wildman–Crippen LogP) is 3.79. The first-order valence-electron chi connectivity index (χ1n) is 6.28. The van der Waals surface area contributed by atoms with Crippen LogP contribution >= 0.6 is 11.6 Å². The van der Waals surface area contributed by atoms with E-state index in [-0.39, 0.29) is 5.69 Å². The van der Waals surface area contributed by atoms with Crippen molar-refractivity contribution in [1.29, 1.82) is 0 Å². The summed E-state index contributed by atoms with van der Waals surface area (Å²) in [6.07, 6.45) is 1.81. The molecule has 0 radical (unpaired) electrons. The van der Waals surface area contributed by atoms with Crippen LogP contribution < -0.4 is 5.69 Å². The summed E-state index contributed by atoms with van der Waals surface area (Å²) in [5.74, 6) is 0. The quantitative estimate of drug-likeness (QED) is 0.764. The van der Waals surface area contributed by atoms with E-state index in [1.54, 1.807) is 22.9 Å². The Morgan fingerprint density at radius 1 is 1.10 bits per heavy atom. The van der Waals surface area contributed by atoms with Gasteiger partial charge in [0.25, 0.3) is 0 Å². The number of aryl methyl sites for hydroxylation is 1. The first-order valence-corrected chi connectivity index (χ1v) is 6.66. The highest BCUT2D eigenvalue weighted by molar-refractivity contribution is 6.30. The Balaban J connectivity index is 2.07. The fourth-order valence-electron chi connectivity index (χ4n) is 2.14. The molecule has 1 aromatic heterocycles. The number of benzene rings is 2. The van der Waals surface area contributed by atoms with Gasteiger partial charge in [-0.2, -0.15) is 0 Å². The number of hydrogen-bond acceptors (Lipinski definition) is 1. The highest BCUT2D eigenvalue weighted by atomic mass is 35.5. The zero-order valence-electron chi connectivity index (χ0n) is 10.9. The van der Waals surface area contributed by atoms with Gasteiger partial charge in [0, 0.05) is 11.2 Å². The van der Waals surface area contributed by atoms with Crippen LogP contribution in [0.1, 0.15) is 5.56 Å². The van der Waals surface area contributed by atoms with Crippen molar-refractivity contribution in [3.8, 4) is 16.9 Å². The van der Waals surface area contributed by atoms with E-state index >= 15 is 0 Å². The van der Waals surface area contributed by atoms with Crippen LogP contribution in [-0.2, 0) is 0 Å². The average molecular weight is 285 g/mol. The lowest BCUT2D eigenvalue weighted by Crippen LogP contribution is -2.13. The van der Waals surface area contributed by atoms with Gasteiger partial charge in [0.1, 0.15) is 0 Å². The lowest BCUT2D eigenvalue weighted by molar-refractivity contribution is 0.985. The molecule has 0 bridgehead atoms. The molecule has 0 saturated heterocycles. The molecule has 0 aliphatic rings. The second kappa shape index (κ2) is 5.02. The molecule has 0 aliphatic heterocycles. The Kier molecular flexibility index (Phi) is 3.20. The topological polar surface area (TPSA) is 37.8 Å². The van der Waals surface area contributed by atoms with Gasteiger partial charge in [-0.25, -0.2) is 4.79 Å². The minimum Gasteiger partial charge on any atom is -0.305 e.